The van der Waals surface area contributed by atoms with Gasteiger partial charge in [0.2, 0.25) is 11.1 Å². The second kappa shape index (κ2) is 6.35. The first-order valence-electron chi connectivity index (χ1n) is 6.09. The zero-order valence-electron chi connectivity index (χ0n) is 11.5. The van der Waals surface area contributed by atoms with Gasteiger partial charge in [0.05, 0.1) is 10.9 Å². The number of urea groups is 1. The van der Waals surface area contributed by atoms with Crippen LogP contribution in [0.15, 0.2) is 29.4 Å². The third-order valence-electron chi connectivity index (χ3n) is 2.62. The average molecular weight is 306 g/mol. The summed E-state index contributed by atoms with van der Waals surface area (Å²) < 4.78 is 1.53. The number of nitrogens with two attached hydrogens (primary N) is 1. The monoisotopic (exact) mass is 306 g/mol. The van der Waals surface area contributed by atoms with Crippen LogP contribution in [-0.4, -0.2) is 37.4 Å². The Morgan fingerprint density at radius 3 is 2.62 bits per heavy atom. The number of aryl methyl sites for hydroxylation is 1. The molecule has 1 aromatic heterocycles. The summed E-state index contributed by atoms with van der Waals surface area (Å²) in [6, 6.07) is 6.75. The fourth-order valence-electron chi connectivity index (χ4n) is 1.54. The molecular formula is C12H14N6O2S. The van der Waals surface area contributed by atoms with Gasteiger partial charge in [-0.05, 0) is 36.4 Å². The van der Waals surface area contributed by atoms with Crippen LogP contribution in [0.4, 0.5) is 4.79 Å². The van der Waals surface area contributed by atoms with Gasteiger partial charge in [0.25, 0.3) is 0 Å². The molecule has 3 N–H and O–H groups in total. The molecule has 0 aliphatic carbocycles. The maximum absolute atomic E-state index is 11.7. The van der Waals surface area contributed by atoms with Crippen molar-refractivity contribution < 1.29 is 9.59 Å². The molecule has 0 saturated carbocycles. The van der Waals surface area contributed by atoms with Crippen LogP contribution in [0.2, 0.25) is 0 Å². The topological polar surface area (TPSA) is 116 Å². The van der Waals surface area contributed by atoms with E-state index in [2.05, 4.69) is 15.5 Å². The van der Waals surface area contributed by atoms with Gasteiger partial charge in [-0.3, -0.25) is 10.1 Å². The molecule has 0 unspecified atom stereocenters. The normalized spacial score (nSPS) is 11.9. The zero-order chi connectivity index (χ0) is 15.4. The van der Waals surface area contributed by atoms with Crippen LogP contribution in [0.5, 0.6) is 0 Å². The van der Waals surface area contributed by atoms with Crippen LogP contribution in [0.1, 0.15) is 12.5 Å². The predicted molar refractivity (Wildman–Crippen MR) is 76.9 cm³/mol. The highest BCUT2D eigenvalue weighted by Crippen LogP contribution is 2.22. The maximum atomic E-state index is 11.7. The first-order valence-corrected chi connectivity index (χ1v) is 6.97. The van der Waals surface area contributed by atoms with Gasteiger partial charge < -0.3 is 5.73 Å². The molecule has 1 heterocycles. The maximum Gasteiger partial charge on any atom is 0.318 e. The molecule has 9 heteroatoms. The van der Waals surface area contributed by atoms with Gasteiger partial charge in [-0.2, -0.15) is 4.68 Å². The Morgan fingerprint density at radius 1 is 1.33 bits per heavy atom. The third-order valence-corrected chi connectivity index (χ3v) is 3.65. The van der Waals surface area contributed by atoms with Crippen molar-refractivity contribution in [2.45, 2.75) is 24.3 Å². The molecule has 0 spiro atoms. The summed E-state index contributed by atoms with van der Waals surface area (Å²) in [7, 11) is 0. The van der Waals surface area contributed by atoms with Crippen LogP contribution < -0.4 is 11.1 Å². The van der Waals surface area contributed by atoms with E-state index in [9.17, 15) is 9.59 Å². The number of nitrogens with zero attached hydrogens (tertiary/aromatic N) is 4. The molecule has 1 atom stereocenters. The first kappa shape index (κ1) is 15.0. The van der Waals surface area contributed by atoms with Crippen molar-refractivity contribution in [3.63, 3.8) is 0 Å². The highest BCUT2D eigenvalue weighted by Gasteiger charge is 2.20. The largest absolute Gasteiger partial charge is 0.351 e. The Kier molecular flexibility index (Phi) is 4.53. The lowest BCUT2D eigenvalue weighted by molar-refractivity contribution is -0.119. The van der Waals surface area contributed by atoms with Crippen molar-refractivity contribution in [1.82, 2.24) is 25.5 Å². The van der Waals surface area contributed by atoms with Gasteiger partial charge in [0.1, 0.15) is 0 Å². The number of aromatic nitrogens is 4. The number of hydrogen-bond donors (Lipinski definition) is 2. The van der Waals surface area contributed by atoms with E-state index in [0.29, 0.717) is 5.16 Å². The molecule has 3 amide bonds. The molecule has 0 fully saturated rings. The molecule has 2 rings (SSSR count). The second-order valence-corrected chi connectivity index (χ2v) is 5.63. The summed E-state index contributed by atoms with van der Waals surface area (Å²) in [6.45, 7) is 3.62. The number of hydrogen-bond acceptors (Lipinski definition) is 6. The van der Waals surface area contributed by atoms with Crippen LogP contribution >= 0.6 is 11.8 Å². The lowest BCUT2D eigenvalue weighted by Gasteiger charge is -2.09. The fourth-order valence-corrected chi connectivity index (χ4v) is 2.34. The van der Waals surface area contributed by atoms with Crippen molar-refractivity contribution in [2.75, 3.05) is 0 Å². The van der Waals surface area contributed by atoms with E-state index >= 15 is 0 Å². The number of nitrogens with one attached hydrogen (secondary N) is 1. The molecule has 0 aliphatic heterocycles. The number of primary amides is 1. The Labute approximate surface area is 125 Å². The quantitative estimate of drug-likeness (QED) is 0.801. The lowest BCUT2D eigenvalue weighted by Crippen LogP contribution is -2.39. The standard InChI is InChI=1S/C12H14N6O2S/c1-7-3-5-9(6-4-7)18-12(15-16-17-18)21-8(2)10(19)14-11(13)20/h3-6,8H,1-2H3,(H3,13,14,19,20)/t8-/m1/s1. The predicted octanol–water partition coefficient (Wildman–Crippen LogP) is 0.646. The minimum atomic E-state index is -0.884. The lowest BCUT2D eigenvalue weighted by atomic mass is 10.2. The first-order chi connectivity index (χ1) is 9.97. The van der Waals surface area contributed by atoms with Gasteiger partial charge in [0.15, 0.2) is 0 Å². The van der Waals surface area contributed by atoms with Gasteiger partial charge in [-0.1, -0.05) is 29.5 Å². The van der Waals surface area contributed by atoms with Crippen LogP contribution in [-0.2, 0) is 4.79 Å². The molecule has 8 nitrogen and oxygen atoms in total. The van der Waals surface area contributed by atoms with E-state index in [1.54, 1.807) is 6.92 Å². The van der Waals surface area contributed by atoms with E-state index < -0.39 is 17.2 Å². The highest BCUT2D eigenvalue weighted by molar-refractivity contribution is 8.00. The van der Waals surface area contributed by atoms with Gasteiger partial charge in [0, 0.05) is 0 Å². The van der Waals surface area contributed by atoms with Crippen molar-refractivity contribution in [3.05, 3.63) is 29.8 Å². The summed E-state index contributed by atoms with van der Waals surface area (Å²) in [5.74, 6) is -0.494. The van der Waals surface area contributed by atoms with Crippen LogP contribution in [0.25, 0.3) is 5.69 Å². The molecule has 0 saturated heterocycles. The minimum absolute atomic E-state index is 0.450. The van der Waals surface area contributed by atoms with Crippen molar-refractivity contribution in [3.8, 4) is 5.69 Å². The smallest absolute Gasteiger partial charge is 0.318 e. The molecule has 0 radical (unpaired) electrons. The number of carbonyl (C=O) groups excluding carboxylic acids is 2. The van der Waals surface area contributed by atoms with E-state index in [0.717, 1.165) is 23.0 Å². The van der Waals surface area contributed by atoms with Gasteiger partial charge >= 0.3 is 6.03 Å². The van der Waals surface area contributed by atoms with Crippen molar-refractivity contribution >= 4 is 23.7 Å². The zero-order valence-corrected chi connectivity index (χ0v) is 12.3. The summed E-state index contributed by atoms with van der Waals surface area (Å²) in [5.41, 5.74) is 6.82. The summed E-state index contributed by atoms with van der Waals surface area (Å²) in [4.78, 5) is 22.3. The Morgan fingerprint density at radius 2 is 2.00 bits per heavy atom. The summed E-state index contributed by atoms with van der Waals surface area (Å²) in [5, 5.41) is 13.3. The van der Waals surface area contributed by atoms with E-state index in [1.165, 1.54) is 4.68 Å². The number of amides is 3. The number of thioether (sulfide) groups is 1. The molecule has 21 heavy (non-hydrogen) atoms. The van der Waals surface area contributed by atoms with E-state index in [1.807, 2.05) is 36.5 Å². The van der Waals surface area contributed by atoms with Gasteiger partial charge in [-0.15, -0.1) is 5.10 Å². The number of imide groups is 1. The minimum Gasteiger partial charge on any atom is -0.351 e. The molecule has 2 aromatic rings. The second-order valence-electron chi connectivity index (χ2n) is 4.32. The number of rotatable bonds is 4. The molecular weight excluding hydrogens is 292 g/mol. The number of carbonyl (C=O) groups is 2. The van der Waals surface area contributed by atoms with Crippen LogP contribution in [0.3, 0.4) is 0 Å². The van der Waals surface area contributed by atoms with Crippen molar-refractivity contribution in [1.29, 1.82) is 0 Å². The summed E-state index contributed by atoms with van der Waals surface area (Å²) in [6.07, 6.45) is 0. The Bertz CT molecular complexity index is 654. The molecule has 1 aromatic carbocycles. The fraction of sp³-hybridized carbons (Fsp3) is 0.250. The Balaban J connectivity index is 2.15. The third kappa shape index (κ3) is 3.78. The van der Waals surface area contributed by atoms with Gasteiger partial charge in [-0.25, -0.2) is 4.79 Å². The van der Waals surface area contributed by atoms with Crippen molar-refractivity contribution in [2.24, 2.45) is 5.73 Å². The molecule has 110 valence electrons. The van der Waals surface area contributed by atoms with E-state index in [4.69, 9.17) is 5.73 Å². The number of tetrazole rings is 1. The SMILES string of the molecule is Cc1ccc(-n2nnnc2S[C@H](C)C(=O)NC(N)=O)cc1. The van der Waals surface area contributed by atoms with E-state index in [-0.39, 0.29) is 0 Å². The Hall–Kier alpha value is -2.42. The summed E-state index contributed by atoms with van der Waals surface area (Å²) >= 11 is 1.13. The molecule has 0 aliphatic rings. The van der Waals surface area contributed by atoms with Crippen LogP contribution in [0, 0.1) is 6.92 Å². The molecule has 0 bridgehead atoms. The number of benzene rings is 1. The highest BCUT2D eigenvalue weighted by atomic mass is 32.2. The average Bonchev–Trinajstić information content (AvgIpc) is 2.87.